The summed E-state index contributed by atoms with van der Waals surface area (Å²) in [7, 11) is 2.25. The largest absolute Gasteiger partial charge is 0.392 e. The maximum absolute atomic E-state index is 11.4. The summed E-state index contributed by atoms with van der Waals surface area (Å²) in [5, 5.41) is 9.48. The number of carbonyl (C=O) groups is 1. The van der Waals surface area contributed by atoms with E-state index >= 15 is 0 Å². The lowest BCUT2D eigenvalue weighted by Gasteiger charge is -2.36. The minimum atomic E-state index is -0.213. The fourth-order valence-corrected chi connectivity index (χ4v) is 4.11. The topological polar surface area (TPSA) is 47.0 Å². The van der Waals surface area contributed by atoms with Crippen molar-refractivity contribution in [1.82, 2.24) is 14.7 Å². The van der Waals surface area contributed by atoms with Gasteiger partial charge in [-0.1, -0.05) is 0 Å². The van der Waals surface area contributed by atoms with E-state index in [2.05, 4.69) is 16.8 Å². The zero-order chi connectivity index (χ0) is 16.8. The average Bonchev–Trinajstić information content (AvgIpc) is 2.49. The van der Waals surface area contributed by atoms with Crippen molar-refractivity contribution in [1.29, 1.82) is 0 Å². The van der Waals surface area contributed by atoms with Gasteiger partial charge in [0.05, 0.1) is 6.10 Å². The van der Waals surface area contributed by atoms with Crippen LogP contribution in [0.25, 0.3) is 0 Å². The minimum absolute atomic E-state index is 0.213. The summed E-state index contributed by atoms with van der Waals surface area (Å²) in [6, 6.07) is 0. The monoisotopic (exact) mass is 325 g/mol. The van der Waals surface area contributed by atoms with E-state index in [4.69, 9.17) is 0 Å². The van der Waals surface area contributed by atoms with Gasteiger partial charge in [0.1, 0.15) is 0 Å². The van der Waals surface area contributed by atoms with Gasteiger partial charge >= 0.3 is 0 Å². The Kier molecular flexibility index (Phi) is 7.31. The molecule has 0 aromatic rings. The fourth-order valence-electron chi connectivity index (χ4n) is 4.11. The molecule has 2 saturated heterocycles. The second-order valence-corrected chi connectivity index (χ2v) is 7.76. The predicted octanol–water partition coefficient (Wildman–Crippen LogP) is 1.27. The van der Waals surface area contributed by atoms with E-state index in [1.54, 1.807) is 6.92 Å². The number of β-amino-alcohol motifs (C(OH)–C–C–N with tert-alkyl or cyclic N) is 1. The van der Waals surface area contributed by atoms with Crippen LogP contribution in [0.3, 0.4) is 0 Å². The average molecular weight is 325 g/mol. The molecule has 23 heavy (non-hydrogen) atoms. The Bertz CT molecular complexity index is 359. The number of piperidine rings is 2. The van der Waals surface area contributed by atoms with Gasteiger partial charge in [-0.05, 0) is 64.6 Å². The van der Waals surface area contributed by atoms with Gasteiger partial charge in [-0.15, -0.1) is 0 Å². The molecule has 0 aliphatic carbocycles. The van der Waals surface area contributed by atoms with E-state index in [-0.39, 0.29) is 12.0 Å². The summed E-state index contributed by atoms with van der Waals surface area (Å²) in [5.41, 5.74) is 0. The molecule has 1 amide bonds. The molecule has 0 aromatic heterocycles. The molecule has 2 fully saturated rings. The molecule has 134 valence electrons. The van der Waals surface area contributed by atoms with E-state index in [1.807, 2.05) is 11.8 Å². The zero-order valence-electron chi connectivity index (χ0n) is 15.2. The van der Waals surface area contributed by atoms with E-state index < -0.39 is 0 Å². The summed E-state index contributed by atoms with van der Waals surface area (Å²) < 4.78 is 0. The molecule has 0 spiro atoms. The van der Waals surface area contributed by atoms with Crippen LogP contribution in [0.2, 0.25) is 0 Å². The Morgan fingerprint density at radius 2 is 1.57 bits per heavy atom. The van der Waals surface area contributed by atoms with Crippen molar-refractivity contribution in [3.05, 3.63) is 0 Å². The van der Waals surface area contributed by atoms with E-state index in [9.17, 15) is 9.90 Å². The van der Waals surface area contributed by atoms with Crippen LogP contribution in [0.15, 0.2) is 0 Å². The lowest BCUT2D eigenvalue weighted by Crippen LogP contribution is -2.43. The third-order valence-electron chi connectivity index (χ3n) is 5.43. The molecule has 1 N–H and O–H groups in total. The molecule has 2 aliphatic rings. The molecule has 2 rings (SSSR count). The Hall–Kier alpha value is -0.650. The standard InChI is InChI=1S/C18H35N3O2/c1-15(22)12-20-8-4-17(5-9-20)13-19(3)14-18-6-10-21(11-7-18)16(2)23/h15,17-18,22H,4-14H2,1-3H3. The third kappa shape index (κ3) is 6.40. The lowest BCUT2D eigenvalue weighted by molar-refractivity contribution is -0.130. The highest BCUT2D eigenvalue weighted by Crippen LogP contribution is 2.21. The first-order valence-corrected chi connectivity index (χ1v) is 9.28. The van der Waals surface area contributed by atoms with Gasteiger partial charge in [0.2, 0.25) is 5.91 Å². The molecule has 2 heterocycles. The molecule has 0 bridgehead atoms. The number of aliphatic hydroxyl groups excluding tert-OH is 1. The van der Waals surface area contributed by atoms with E-state index in [1.165, 1.54) is 25.9 Å². The van der Waals surface area contributed by atoms with Gasteiger partial charge in [0, 0.05) is 39.6 Å². The predicted molar refractivity (Wildman–Crippen MR) is 93.3 cm³/mol. The van der Waals surface area contributed by atoms with Crippen LogP contribution in [0, 0.1) is 11.8 Å². The van der Waals surface area contributed by atoms with Crippen LogP contribution < -0.4 is 0 Å². The quantitative estimate of drug-likeness (QED) is 0.799. The Morgan fingerprint density at radius 1 is 1.09 bits per heavy atom. The van der Waals surface area contributed by atoms with Crippen LogP contribution >= 0.6 is 0 Å². The van der Waals surface area contributed by atoms with Gasteiger partial charge in [0.15, 0.2) is 0 Å². The van der Waals surface area contributed by atoms with Crippen LogP contribution in [-0.2, 0) is 4.79 Å². The minimum Gasteiger partial charge on any atom is -0.392 e. The maximum atomic E-state index is 11.4. The number of amides is 1. The van der Waals surface area contributed by atoms with Crippen LogP contribution in [0.1, 0.15) is 39.5 Å². The number of hydrogen-bond acceptors (Lipinski definition) is 4. The van der Waals surface area contributed by atoms with Crippen molar-refractivity contribution < 1.29 is 9.90 Å². The molecule has 0 saturated carbocycles. The molecule has 0 radical (unpaired) electrons. The molecular weight excluding hydrogens is 290 g/mol. The molecular formula is C18H35N3O2. The SMILES string of the molecule is CC(=O)N1CCC(CN(C)CC2CCN(CC(C)O)CC2)CC1. The van der Waals surface area contributed by atoms with Gasteiger partial charge < -0.3 is 19.8 Å². The Morgan fingerprint density at radius 3 is 2.00 bits per heavy atom. The van der Waals surface area contributed by atoms with Crippen molar-refractivity contribution in [2.45, 2.75) is 45.6 Å². The number of rotatable bonds is 6. The van der Waals surface area contributed by atoms with Gasteiger partial charge in [-0.3, -0.25) is 4.79 Å². The second kappa shape index (κ2) is 9.00. The molecule has 5 heteroatoms. The normalized spacial score (nSPS) is 23.4. The summed E-state index contributed by atoms with van der Waals surface area (Å²) in [6.07, 6.45) is 4.59. The number of aliphatic hydroxyl groups is 1. The van der Waals surface area contributed by atoms with Gasteiger partial charge in [-0.25, -0.2) is 0 Å². The van der Waals surface area contributed by atoms with Crippen molar-refractivity contribution in [2.75, 3.05) is 52.9 Å². The smallest absolute Gasteiger partial charge is 0.219 e. The van der Waals surface area contributed by atoms with Crippen molar-refractivity contribution in [3.63, 3.8) is 0 Å². The first-order chi connectivity index (χ1) is 10.9. The zero-order valence-corrected chi connectivity index (χ0v) is 15.2. The number of carbonyl (C=O) groups excluding carboxylic acids is 1. The maximum Gasteiger partial charge on any atom is 0.219 e. The highest BCUT2D eigenvalue weighted by Gasteiger charge is 2.24. The third-order valence-corrected chi connectivity index (χ3v) is 5.43. The molecule has 2 aliphatic heterocycles. The molecule has 0 aromatic carbocycles. The molecule has 5 nitrogen and oxygen atoms in total. The van der Waals surface area contributed by atoms with E-state index in [0.717, 1.165) is 57.4 Å². The van der Waals surface area contributed by atoms with Crippen LogP contribution in [0.4, 0.5) is 0 Å². The highest BCUT2D eigenvalue weighted by atomic mass is 16.3. The Balaban J connectivity index is 1.62. The fraction of sp³-hybridized carbons (Fsp3) is 0.944. The number of nitrogens with zero attached hydrogens (tertiary/aromatic N) is 3. The van der Waals surface area contributed by atoms with Crippen molar-refractivity contribution in [3.8, 4) is 0 Å². The highest BCUT2D eigenvalue weighted by molar-refractivity contribution is 5.73. The number of hydrogen-bond donors (Lipinski definition) is 1. The lowest BCUT2D eigenvalue weighted by atomic mass is 9.93. The van der Waals surface area contributed by atoms with Crippen molar-refractivity contribution in [2.24, 2.45) is 11.8 Å². The Labute approximate surface area is 141 Å². The summed E-state index contributed by atoms with van der Waals surface area (Å²) in [5.74, 6) is 1.76. The second-order valence-electron chi connectivity index (χ2n) is 7.76. The number of likely N-dealkylation sites (tertiary alicyclic amines) is 2. The summed E-state index contributed by atoms with van der Waals surface area (Å²) >= 11 is 0. The summed E-state index contributed by atoms with van der Waals surface area (Å²) in [4.78, 5) is 18.3. The summed E-state index contributed by atoms with van der Waals surface area (Å²) in [6.45, 7) is 10.8. The molecule has 1 unspecified atom stereocenters. The van der Waals surface area contributed by atoms with Gasteiger partial charge in [0.25, 0.3) is 0 Å². The van der Waals surface area contributed by atoms with Crippen LogP contribution in [-0.4, -0.2) is 84.7 Å². The first kappa shape index (κ1) is 18.7. The molecule has 1 atom stereocenters. The van der Waals surface area contributed by atoms with Gasteiger partial charge in [-0.2, -0.15) is 0 Å². The van der Waals surface area contributed by atoms with Crippen LogP contribution in [0.5, 0.6) is 0 Å². The van der Waals surface area contributed by atoms with E-state index in [0.29, 0.717) is 0 Å². The van der Waals surface area contributed by atoms with Crippen molar-refractivity contribution >= 4 is 5.91 Å². The first-order valence-electron chi connectivity index (χ1n) is 9.28.